The molecule has 1 aromatic heterocycles. The van der Waals surface area contributed by atoms with Crippen molar-refractivity contribution in [2.24, 2.45) is 5.73 Å². The maximum absolute atomic E-state index is 5.47. The number of hydrogen-bond acceptors (Lipinski definition) is 3. The number of aromatic amines is 1. The summed E-state index contributed by atoms with van der Waals surface area (Å²) in [6.07, 6.45) is 3.02. The minimum atomic E-state index is 0.587. The van der Waals surface area contributed by atoms with E-state index in [1.807, 2.05) is 0 Å². The summed E-state index contributed by atoms with van der Waals surface area (Å²) < 4.78 is 0. The van der Waals surface area contributed by atoms with Crippen LogP contribution in [0.25, 0.3) is 11.4 Å². The lowest BCUT2D eigenvalue weighted by Crippen LogP contribution is -2.03. The third-order valence-corrected chi connectivity index (χ3v) is 2.66. The minimum Gasteiger partial charge on any atom is -0.330 e. The topological polar surface area (TPSA) is 67.6 Å². The number of aromatic nitrogens is 3. The van der Waals surface area contributed by atoms with Crippen LogP contribution in [0.1, 0.15) is 24.7 Å². The second-order valence-electron chi connectivity index (χ2n) is 4.09. The molecular weight excluding hydrogens is 212 g/mol. The molecule has 2 rings (SSSR count). The Bertz CT molecular complexity index is 459. The number of nitrogens with two attached hydrogens (primary N) is 1. The molecule has 0 aliphatic carbocycles. The van der Waals surface area contributed by atoms with Crippen LogP contribution in [-0.2, 0) is 12.8 Å². The van der Waals surface area contributed by atoms with Crippen molar-refractivity contribution in [3.63, 3.8) is 0 Å². The van der Waals surface area contributed by atoms with Gasteiger partial charge in [-0.1, -0.05) is 37.6 Å². The Balaban J connectivity index is 2.15. The smallest absolute Gasteiger partial charge is 0.181 e. The van der Waals surface area contributed by atoms with Gasteiger partial charge in [-0.25, -0.2) is 4.98 Å². The molecule has 0 fully saturated rings. The number of benzene rings is 1. The molecule has 0 aliphatic rings. The molecule has 0 unspecified atom stereocenters. The molecule has 0 saturated heterocycles. The molecule has 0 bridgehead atoms. The molecule has 4 heteroatoms. The lowest BCUT2D eigenvalue weighted by molar-refractivity contribution is 0.874. The first-order chi connectivity index (χ1) is 8.33. The summed E-state index contributed by atoms with van der Waals surface area (Å²) >= 11 is 0. The van der Waals surface area contributed by atoms with E-state index in [-0.39, 0.29) is 0 Å². The molecule has 0 saturated carbocycles. The highest BCUT2D eigenvalue weighted by atomic mass is 15.2. The van der Waals surface area contributed by atoms with Crippen LogP contribution in [0.5, 0.6) is 0 Å². The summed E-state index contributed by atoms with van der Waals surface area (Å²) in [4.78, 5) is 4.40. The van der Waals surface area contributed by atoms with E-state index < -0.39 is 0 Å². The number of nitrogens with zero attached hydrogens (tertiary/aromatic N) is 2. The van der Waals surface area contributed by atoms with Gasteiger partial charge in [-0.2, -0.15) is 5.10 Å². The predicted octanol–water partition coefficient (Wildman–Crippen LogP) is 1.93. The number of H-pyrrole nitrogens is 1. The zero-order valence-electron chi connectivity index (χ0n) is 10.1. The molecule has 0 amide bonds. The molecule has 0 radical (unpaired) electrons. The summed E-state index contributed by atoms with van der Waals surface area (Å²) in [5.74, 6) is 1.59. The van der Waals surface area contributed by atoms with Crippen molar-refractivity contribution in [2.75, 3.05) is 6.54 Å². The van der Waals surface area contributed by atoms with Crippen LogP contribution in [0, 0.1) is 0 Å². The maximum Gasteiger partial charge on any atom is 0.181 e. The van der Waals surface area contributed by atoms with Crippen molar-refractivity contribution in [1.29, 1.82) is 0 Å². The lowest BCUT2D eigenvalue weighted by Gasteiger charge is -1.99. The van der Waals surface area contributed by atoms with Gasteiger partial charge in [0.2, 0.25) is 0 Å². The van der Waals surface area contributed by atoms with Gasteiger partial charge in [-0.15, -0.1) is 0 Å². The fourth-order valence-electron chi connectivity index (χ4n) is 1.78. The van der Waals surface area contributed by atoms with Crippen molar-refractivity contribution in [3.05, 3.63) is 35.7 Å². The molecule has 90 valence electrons. The zero-order valence-corrected chi connectivity index (χ0v) is 10.1. The summed E-state index contributed by atoms with van der Waals surface area (Å²) in [6, 6.07) is 8.41. The minimum absolute atomic E-state index is 0.587. The van der Waals surface area contributed by atoms with E-state index in [1.54, 1.807) is 0 Å². The highest BCUT2D eigenvalue weighted by Gasteiger charge is 2.05. The van der Waals surface area contributed by atoms with E-state index >= 15 is 0 Å². The van der Waals surface area contributed by atoms with Crippen molar-refractivity contribution in [1.82, 2.24) is 15.2 Å². The van der Waals surface area contributed by atoms with Crippen LogP contribution in [-0.4, -0.2) is 21.7 Å². The zero-order chi connectivity index (χ0) is 12.1. The van der Waals surface area contributed by atoms with Gasteiger partial charge in [0, 0.05) is 12.0 Å². The average Bonchev–Trinajstić information content (AvgIpc) is 2.80. The average molecular weight is 230 g/mol. The molecule has 0 atom stereocenters. The van der Waals surface area contributed by atoms with Gasteiger partial charge in [0.1, 0.15) is 5.82 Å². The van der Waals surface area contributed by atoms with Gasteiger partial charge in [0.15, 0.2) is 5.82 Å². The third-order valence-electron chi connectivity index (χ3n) is 2.66. The normalized spacial score (nSPS) is 10.7. The summed E-state index contributed by atoms with van der Waals surface area (Å²) in [7, 11) is 0. The fraction of sp³-hybridized carbons (Fsp3) is 0.385. The van der Waals surface area contributed by atoms with Gasteiger partial charge in [-0.05, 0) is 18.5 Å². The molecule has 4 nitrogen and oxygen atoms in total. The fourth-order valence-corrected chi connectivity index (χ4v) is 1.78. The monoisotopic (exact) mass is 230 g/mol. The van der Waals surface area contributed by atoms with Crippen LogP contribution in [0.15, 0.2) is 24.3 Å². The van der Waals surface area contributed by atoms with E-state index in [1.165, 1.54) is 12.0 Å². The number of aryl methyl sites for hydroxylation is 1. The Morgan fingerprint density at radius 2 is 1.94 bits per heavy atom. The highest BCUT2D eigenvalue weighted by Crippen LogP contribution is 2.16. The summed E-state index contributed by atoms with van der Waals surface area (Å²) in [6.45, 7) is 2.77. The van der Waals surface area contributed by atoms with E-state index in [4.69, 9.17) is 5.73 Å². The van der Waals surface area contributed by atoms with E-state index in [0.29, 0.717) is 6.54 Å². The van der Waals surface area contributed by atoms with Crippen LogP contribution >= 0.6 is 0 Å². The number of rotatable bonds is 5. The second kappa shape index (κ2) is 5.59. The van der Waals surface area contributed by atoms with Crippen LogP contribution < -0.4 is 5.73 Å². The first-order valence-corrected chi connectivity index (χ1v) is 6.04. The van der Waals surface area contributed by atoms with Gasteiger partial charge >= 0.3 is 0 Å². The Morgan fingerprint density at radius 3 is 2.59 bits per heavy atom. The molecule has 1 heterocycles. The first-order valence-electron chi connectivity index (χ1n) is 6.04. The van der Waals surface area contributed by atoms with Crippen molar-refractivity contribution >= 4 is 0 Å². The molecule has 1 aromatic carbocycles. The molecule has 0 aliphatic heterocycles. The third kappa shape index (κ3) is 2.91. The number of nitrogens with one attached hydrogen (secondary N) is 1. The Hall–Kier alpha value is -1.68. The van der Waals surface area contributed by atoms with Crippen LogP contribution in [0.4, 0.5) is 0 Å². The van der Waals surface area contributed by atoms with E-state index in [9.17, 15) is 0 Å². The maximum atomic E-state index is 5.47. The molecule has 2 aromatic rings. The van der Waals surface area contributed by atoms with Gasteiger partial charge in [0.25, 0.3) is 0 Å². The van der Waals surface area contributed by atoms with Crippen molar-refractivity contribution < 1.29 is 0 Å². The molecular formula is C13H18N4. The standard InChI is InChI=1S/C13H18N4/c1-2-3-10-4-6-11(7-5-10)13-15-12(8-9-14)16-17-13/h4-7H,2-3,8-9,14H2,1H3,(H,15,16,17). The quantitative estimate of drug-likeness (QED) is 0.824. The predicted molar refractivity (Wildman–Crippen MR) is 68.6 cm³/mol. The van der Waals surface area contributed by atoms with Crippen LogP contribution in [0.2, 0.25) is 0 Å². The van der Waals surface area contributed by atoms with Gasteiger partial charge in [-0.3, -0.25) is 5.10 Å². The molecule has 17 heavy (non-hydrogen) atoms. The first kappa shape index (κ1) is 11.8. The summed E-state index contributed by atoms with van der Waals surface area (Å²) in [5.41, 5.74) is 7.88. The van der Waals surface area contributed by atoms with Crippen LogP contribution in [0.3, 0.4) is 0 Å². The molecule has 0 spiro atoms. The van der Waals surface area contributed by atoms with Gasteiger partial charge < -0.3 is 5.73 Å². The van der Waals surface area contributed by atoms with Gasteiger partial charge in [0.05, 0.1) is 0 Å². The summed E-state index contributed by atoms with van der Waals surface area (Å²) in [5, 5.41) is 7.09. The second-order valence-corrected chi connectivity index (χ2v) is 4.09. The Morgan fingerprint density at radius 1 is 1.18 bits per heavy atom. The lowest BCUT2D eigenvalue weighted by atomic mass is 10.1. The largest absolute Gasteiger partial charge is 0.330 e. The van der Waals surface area contributed by atoms with Crippen molar-refractivity contribution in [3.8, 4) is 11.4 Å². The van der Waals surface area contributed by atoms with E-state index in [2.05, 4.69) is 46.4 Å². The SMILES string of the molecule is CCCc1ccc(-c2n[nH]c(CCN)n2)cc1. The van der Waals surface area contributed by atoms with Crippen molar-refractivity contribution in [2.45, 2.75) is 26.2 Å². The Labute approximate surface area is 101 Å². The molecule has 3 N–H and O–H groups in total. The highest BCUT2D eigenvalue weighted by molar-refractivity contribution is 5.54. The number of hydrogen-bond donors (Lipinski definition) is 2. The van der Waals surface area contributed by atoms with E-state index in [0.717, 1.165) is 30.1 Å². The Kier molecular flexibility index (Phi) is 3.88.